The molecule has 2 aromatic rings. The van der Waals surface area contributed by atoms with Crippen molar-refractivity contribution in [3.8, 4) is 0 Å². The number of carbonyl (C=O) groups is 2. The molecule has 0 aliphatic rings. The fraction of sp³-hybridized carbons (Fsp3) is 0.222. The molecule has 2 aromatic carbocycles. The van der Waals surface area contributed by atoms with Crippen LogP contribution in [0.3, 0.4) is 0 Å². The normalized spacial score (nSPS) is 10.2. The molecule has 0 fully saturated rings. The fourth-order valence-corrected chi connectivity index (χ4v) is 2.59. The van der Waals surface area contributed by atoms with Gasteiger partial charge in [0.1, 0.15) is 0 Å². The standard InChI is InChI=1S/C18H19BrN2O2/c1-21(2)17(22)11-10-13-6-5-7-14(12-13)20-18(23)15-8-3-4-9-16(15)19/h3-9,12H,10-11H2,1-2H3,(H,20,23). The molecular formula is C18H19BrN2O2. The summed E-state index contributed by atoms with van der Waals surface area (Å²) in [6, 6.07) is 14.9. The van der Waals surface area contributed by atoms with E-state index in [0.29, 0.717) is 18.4 Å². The molecule has 2 amide bonds. The summed E-state index contributed by atoms with van der Waals surface area (Å²) in [6.07, 6.45) is 1.10. The van der Waals surface area contributed by atoms with Crippen molar-refractivity contribution in [2.45, 2.75) is 12.8 Å². The van der Waals surface area contributed by atoms with E-state index < -0.39 is 0 Å². The van der Waals surface area contributed by atoms with Gasteiger partial charge in [0.25, 0.3) is 5.91 Å². The van der Waals surface area contributed by atoms with Gasteiger partial charge in [0.2, 0.25) is 5.91 Å². The van der Waals surface area contributed by atoms with Gasteiger partial charge in [-0.1, -0.05) is 24.3 Å². The molecule has 2 rings (SSSR count). The molecule has 0 unspecified atom stereocenters. The number of carbonyl (C=O) groups excluding carboxylic acids is 2. The van der Waals surface area contributed by atoms with Crippen LogP contribution in [0.5, 0.6) is 0 Å². The summed E-state index contributed by atoms with van der Waals surface area (Å²) in [4.78, 5) is 25.5. The largest absolute Gasteiger partial charge is 0.349 e. The summed E-state index contributed by atoms with van der Waals surface area (Å²) >= 11 is 3.38. The van der Waals surface area contributed by atoms with E-state index in [2.05, 4.69) is 21.2 Å². The number of nitrogens with zero attached hydrogens (tertiary/aromatic N) is 1. The van der Waals surface area contributed by atoms with E-state index in [-0.39, 0.29) is 11.8 Å². The zero-order valence-corrected chi connectivity index (χ0v) is 14.8. The lowest BCUT2D eigenvalue weighted by Gasteiger charge is -2.11. The first-order chi connectivity index (χ1) is 11.0. The van der Waals surface area contributed by atoms with E-state index in [1.54, 1.807) is 25.1 Å². The molecule has 0 atom stereocenters. The molecule has 0 aliphatic heterocycles. The van der Waals surface area contributed by atoms with Crippen LogP contribution in [0.2, 0.25) is 0 Å². The Kier molecular flexibility index (Phi) is 5.93. The molecule has 0 spiro atoms. The molecule has 120 valence electrons. The van der Waals surface area contributed by atoms with E-state index in [1.165, 1.54) is 0 Å². The van der Waals surface area contributed by atoms with Crippen LogP contribution in [-0.4, -0.2) is 30.8 Å². The maximum absolute atomic E-state index is 12.3. The van der Waals surface area contributed by atoms with Gasteiger partial charge in [-0.2, -0.15) is 0 Å². The molecule has 4 nitrogen and oxygen atoms in total. The zero-order valence-electron chi connectivity index (χ0n) is 13.2. The molecule has 0 aromatic heterocycles. The van der Waals surface area contributed by atoms with Crippen molar-refractivity contribution in [1.29, 1.82) is 0 Å². The van der Waals surface area contributed by atoms with Crippen LogP contribution in [0.1, 0.15) is 22.3 Å². The highest BCUT2D eigenvalue weighted by Gasteiger charge is 2.10. The molecule has 0 saturated heterocycles. The third kappa shape index (κ3) is 4.93. The van der Waals surface area contributed by atoms with Gasteiger partial charge in [0.05, 0.1) is 5.56 Å². The Labute approximate surface area is 144 Å². The maximum atomic E-state index is 12.3. The second kappa shape index (κ2) is 7.92. The predicted molar refractivity (Wildman–Crippen MR) is 95.6 cm³/mol. The van der Waals surface area contributed by atoms with Gasteiger partial charge in [-0.3, -0.25) is 9.59 Å². The second-order valence-electron chi connectivity index (χ2n) is 5.42. The Morgan fingerprint density at radius 3 is 2.52 bits per heavy atom. The number of aryl methyl sites for hydroxylation is 1. The molecule has 1 N–H and O–H groups in total. The quantitative estimate of drug-likeness (QED) is 0.866. The zero-order chi connectivity index (χ0) is 16.8. The Morgan fingerprint density at radius 1 is 1.09 bits per heavy atom. The van der Waals surface area contributed by atoms with Gasteiger partial charge < -0.3 is 10.2 Å². The van der Waals surface area contributed by atoms with Gasteiger partial charge >= 0.3 is 0 Å². The first-order valence-corrected chi connectivity index (χ1v) is 8.11. The number of hydrogen-bond donors (Lipinski definition) is 1. The van der Waals surface area contributed by atoms with Crippen LogP contribution < -0.4 is 5.32 Å². The summed E-state index contributed by atoms with van der Waals surface area (Å²) in [5.74, 6) is -0.0772. The molecule has 23 heavy (non-hydrogen) atoms. The van der Waals surface area contributed by atoms with Crippen LogP contribution in [-0.2, 0) is 11.2 Å². The number of hydrogen-bond acceptors (Lipinski definition) is 2. The third-order valence-electron chi connectivity index (χ3n) is 3.43. The van der Waals surface area contributed by atoms with Crippen molar-refractivity contribution in [1.82, 2.24) is 4.90 Å². The van der Waals surface area contributed by atoms with Crippen molar-refractivity contribution < 1.29 is 9.59 Å². The van der Waals surface area contributed by atoms with Crippen molar-refractivity contribution in [3.63, 3.8) is 0 Å². The van der Waals surface area contributed by atoms with Crippen molar-refractivity contribution in [3.05, 3.63) is 64.1 Å². The summed E-state index contributed by atoms with van der Waals surface area (Å²) in [6.45, 7) is 0. The van der Waals surface area contributed by atoms with Crippen molar-refractivity contribution in [2.24, 2.45) is 0 Å². The third-order valence-corrected chi connectivity index (χ3v) is 4.12. The Bertz CT molecular complexity index is 714. The number of nitrogens with one attached hydrogen (secondary N) is 1. The highest BCUT2D eigenvalue weighted by Crippen LogP contribution is 2.19. The summed E-state index contributed by atoms with van der Waals surface area (Å²) in [5, 5.41) is 2.89. The van der Waals surface area contributed by atoms with Crippen molar-refractivity contribution in [2.75, 3.05) is 19.4 Å². The Morgan fingerprint density at radius 2 is 1.83 bits per heavy atom. The summed E-state index contributed by atoms with van der Waals surface area (Å²) in [7, 11) is 3.49. The average molecular weight is 375 g/mol. The summed E-state index contributed by atoms with van der Waals surface area (Å²) < 4.78 is 0.755. The lowest BCUT2D eigenvalue weighted by atomic mass is 10.1. The van der Waals surface area contributed by atoms with Crippen molar-refractivity contribution >= 4 is 33.4 Å². The van der Waals surface area contributed by atoms with Gasteiger partial charge in [0.15, 0.2) is 0 Å². The first kappa shape index (κ1) is 17.2. The molecule has 0 saturated carbocycles. The van der Waals surface area contributed by atoms with E-state index in [0.717, 1.165) is 15.7 Å². The van der Waals surface area contributed by atoms with Gasteiger partial charge in [0, 0.05) is 30.7 Å². The number of benzene rings is 2. The lowest BCUT2D eigenvalue weighted by Crippen LogP contribution is -2.21. The molecule has 0 aliphatic carbocycles. The van der Waals surface area contributed by atoms with Crippen LogP contribution in [0.4, 0.5) is 5.69 Å². The Hall–Kier alpha value is -2.14. The second-order valence-corrected chi connectivity index (χ2v) is 6.28. The van der Waals surface area contributed by atoms with Crippen LogP contribution in [0.25, 0.3) is 0 Å². The fourth-order valence-electron chi connectivity index (χ4n) is 2.12. The SMILES string of the molecule is CN(C)C(=O)CCc1cccc(NC(=O)c2ccccc2Br)c1. The van der Waals surface area contributed by atoms with Gasteiger partial charge in [-0.15, -0.1) is 0 Å². The minimum absolute atomic E-state index is 0.0904. The molecule has 0 radical (unpaired) electrons. The molecular weight excluding hydrogens is 356 g/mol. The minimum atomic E-state index is -0.168. The topological polar surface area (TPSA) is 49.4 Å². The molecule has 5 heteroatoms. The van der Waals surface area contributed by atoms with E-state index >= 15 is 0 Å². The Balaban J connectivity index is 2.04. The smallest absolute Gasteiger partial charge is 0.256 e. The average Bonchev–Trinajstić information content (AvgIpc) is 2.53. The maximum Gasteiger partial charge on any atom is 0.256 e. The predicted octanol–water partition coefficient (Wildman–Crippen LogP) is 3.72. The highest BCUT2D eigenvalue weighted by molar-refractivity contribution is 9.10. The lowest BCUT2D eigenvalue weighted by molar-refractivity contribution is -0.128. The first-order valence-electron chi connectivity index (χ1n) is 7.32. The number of anilines is 1. The number of amides is 2. The van der Waals surface area contributed by atoms with Crippen LogP contribution in [0, 0.1) is 0 Å². The molecule has 0 heterocycles. The highest BCUT2D eigenvalue weighted by atomic mass is 79.9. The summed E-state index contributed by atoms with van der Waals surface area (Å²) in [5.41, 5.74) is 2.33. The number of rotatable bonds is 5. The molecule has 0 bridgehead atoms. The van der Waals surface area contributed by atoms with E-state index in [9.17, 15) is 9.59 Å². The van der Waals surface area contributed by atoms with E-state index in [4.69, 9.17) is 0 Å². The minimum Gasteiger partial charge on any atom is -0.349 e. The van der Waals surface area contributed by atoms with Gasteiger partial charge in [-0.25, -0.2) is 0 Å². The monoisotopic (exact) mass is 374 g/mol. The van der Waals surface area contributed by atoms with Gasteiger partial charge in [-0.05, 0) is 52.2 Å². The number of halogens is 1. The van der Waals surface area contributed by atoms with Crippen LogP contribution >= 0.6 is 15.9 Å². The van der Waals surface area contributed by atoms with Crippen LogP contribution in [0.15, 0.2) is 53.0 Å². The van der Waals surface area contributed by atoms with E-state index in [1.807, 2.05) is 42.5 Å².